The average Bonchev–Trinajstić information content (AvgIpc) is 3.13. The van der Waals surface area contributed by atoms with Crippen molar-refractivity contribution < 1.29 is 13.5 Å². The molecule has 110 valence electrons. The van der Waals surface area contributed by atoms with Crippen LogP contribution in [0.1, 0.15) is 62.8 Å². The van der Waals surface area contributed by atoms with Crippen LogP contribution in [0.3, 0.4) is 0 Å². The second-order valence-electron chi connectivity index (χ2n) is 6.22. The van der Waals surface area contributed by atoms with Crippen molar-refractivity contribution in [3.8, 4) is 5.75 Å². The van der Waals surface area contributed by atoms with Crippen molar-refractivity contribution in [1.82, 2.24) is 0 Å². The first kappa shape index (κ1) is 13.8. The molecule has 0 N–H and O–H groups in total. The summed E-state index contributed by atoms with van der Waals surface area (Å²) in [6.07, 6.45) is 8.92. The summed E-state index contributed by atoms with van der Waals surface area (Å²) in [6, 6.07) is 3.33. The third kappa shape index (κ3) is 2.82. The fourth-order valence-electron chi connectivity index (χ4n) is 3.59. The third-order valence-corrected chi connectivity index (χ3v) is 4.82. The van der Waals surface area contributed by atoms with Crippen LogP contribution < -0.4 is 4.74 Å². The molecule has 1 aromatic carbocycles. The predicted octanol–water partition coefficient (Wildman–Crippen LogP) is 5.19. The van der Waals surface area contributed by atoms with Gasteiger partial charge in [0.05, 0.1) is 6.61 Å². The summed E-state index contributed by atoms with van der Waals surface area (Å²) in [5.41, 5.74) is 0.535. The van der Waals surface area contributed by atoms with Crippen molar-refractivity contribution in [3.63, 3.8) is 0 Å². The SMILES string of the molecule is Fc1c(OCC2CCCC2)ccc(C2CCCC2)c1F. The van der Waals surface area contributed by atoms with Crippen LogP contribution in [0.2, 0.25) is 0 Å². The molecule has 0 unspecified atom stereocenters. The van der Waals surface area contributed by atoms with E-state index in [1.165, 1.54) is 12.8 Å². The van der Waals surface area contributed by atoms with E-state index >= 15 is 0 Å². The average molecular weight is 280 g/mol. The minimum atomic E-state index is -0.799. The lowest BCUT2D eigenvalue weighted by Gasteiger charge is -2.15. The molecule has 1 aromatic rings. The molecule has 0 amide bonds. The highest BCUT2D eigenvalue weighted by atomic mass is 19.2. The molecule has 2 aliphatic rings. The maximum atomic E-state index is 14.2. The summed E-state index contributed by atoms with van der Waals surface area (Å²) in [6.45, 7) is 0.513. The quantitative estimate of drug-likeness (QED) is 0.737. The minimum Gasteiger partial charge on any atom is -0.490 e. The molecule has 20 heavy (non-hydrogen) atoms. The summed E-state index contributed by atoms with van der Waals surface area (Å²) in [5.74, 6) is -0.718. The summed E-state index contributed by atoms with van der Waals surface area (Å²) in [5, 5.41) is 0. The summed E-state index contributed by atoms with van der Waals surface area (Å²) in [4.78, 5) is 0. The van der Waals surface area contributed by atoms with Crippen molar-refractivity contribution in [1.29, 1.82) is 0 Å². The Hall–Kier alpha value is -1.12. The van der Waals surface area contributed by atoms with Crippen LogP contribution in [0.5, 0.6) is 5.75 Å². The fourth-order valence-corrected chi connectivity index (χ4v) is 3.59. The Morgan fingerprint density at radius 2 is 1.55 bits per heavy atom. The smallest absolute Gasteiger partial charge is 0.200 e. The normalized spacial score (nSPS) is 20.7. The van der Waals surface area contributed by atoms with Crippen molar-refractivity contribution >= 4 is 0 Å². The monoisotopic (exact) mass is 280 g/mol. The van der Waals surface area contributed by atoms with Crippen LogP contribution >= 0.6 is 0 Å². The zero-order chi connectivity index (χ0) is 13.9. The topological polar surface area (TPSA) is 9.23 Å². The number of benzene rings is 1. The van der Waals surface area contributed by atoms with Gasteiger partial charge >= 0.3 is 0 Å². The van der Waals surface area contributed by atoms with Gasteiger partial charge < -0.3 is 4.74 Å². The highest BCUT2D eigenvalue weighted by Gasteiger charge is 2.24. The lowest BCUT2D eigenvalue weighted by molar-refractivity contribution is 0.238. The van der Waals surface area contributed by atoms with E-state index in [0.717, 1.165) is 38.5 Å². The predicted molar refractivity (Wildman–Crippen MR) is 75.0 cm³/mol. The van der Waals surface area contributed by atoms with Crippen molar-refractivity contribution in [3.05, 3.63) is 29.3 Å². The van der Waals surface area contributed by atoms with Gasteiger partial charge in [-0.25, -0.2) is 4.39 Å². The molecule has 0 aromatic heterocycles. The fraction of sp³-hybridized carbons (Fsp3) is 0.647. The summed E-state index contributed by atoms with van der Waals surface area (Å²) >= 11 is 0. The Balaban J connectivity index is 1.70. The summed E-state index contributed by atoms with van der Waals surface area (Å²) < 4.78 is 33.8. The van der Waals surface area contributed by atoms with Gasteiger partial charge in [0.2, 0.25) is 5.82 Å². The van der Waals surface area contributed by atoms with Crippen LogP contribution in [-0.2, 0) is 0 Å². The molecule has 1 nitrogen and oxygen atoms in total. The van der Waals surface area contributed by atoms with E-state index in [0.29, 0.717) is 18.1 Å². The molecule has 3 rings (SSSR count). The highest BCUT2D eigenvalue weighted by Crippen LogP contribution is 2.37. The van der Waals surface area contributed by atoms with Gasteiger partial charge in [-0.1, -0.05) is 31.7 Å². The number of hydrogen-bond donors (Lipinski definition) is 0. The molecule has 0 heterocycles. The molecule has 0 saturated heterocycles. The Morgan fingerprint density at radius 1 is 0.900 bits per heavy atom. The number of rotatable bonds is 4. The van der Waals surface area contributed by atoms with Gasteiger partial charge in [0.15, 0.2) is 11.6 Å². The van der Waals surface area contributed by atoms with E-state index in [1.54, 1.807) is 12.1 Å². The van der Waals surface area contributed by atoms with Gasteiger partial charge in [-0.2, -0.15) is 4.39 Å². The van der Waals surface area contributed by atoms with E-state index in [2.05, 4.69) is 0 Å². The Labute approximate surface area is 119 Å². The maximum absolute atomic E-state index is 14.2. The Kier molecular flexibility index (Phi) is 4.23. The van der Waals surface area contributed by atoms with Crippen molar-refractivity contribution in [2.24, 2.45) is 5.92 Å². The van der Waals surface area contributed by atoms with Gasteiger partial charge in [-0.05, 0) is 49.1 Å². The first-order chi connectivity index (χ1) is 9.75. The van der Waals surface area contributed by atoms with Crippen molar-refractivity contribution in [2.45, 2.75) is 57.3 Å². The molecular weight excluding hydrogens is 258 g/mol. The summed E-state index contributed by atoms with van der Waals surface area (Å²) in [7, 11) is 0. The highest BCUT2D eigenvalue weighted by molar-refractivity contribution is 5.33. The molecule has 2 fully saturated rings. The zero-order valence-electron chi connectivity index (χ0n) is 11.8. The molecule has 0 bridgehead atoms. The maximum Gasteiger partial charge on any atom is 0.200 e. The molecule has 0 spiro atoms. The van der Waals surface area contributed by atoms with Gasteiger partial charge in [0.25, 0.3) is 0 Å². The molecule has 0 radical (unpaired) electrons. The lowest BCUT2D eigenvalue weighted by atomic mass is 9.97. The van der Waals surface area contributed by atoms with Crippen LogP contribution in [0.4, 0.5) is 8.78 Å². The Morgan fingerprint density at radius 3 is 2.25 bits per heavy atom. The van der Waals surface area contributed by atoms with E-state index in [9.17, 15) is 8.78 Å². The third-order valence-electron chi connectivity index (χ3n) is 4.82. The minimum absolute atomic E-state index is 0.0798. The van der Waals surface area contributed by atoms with E-state index in [4.69, 9.17) is 4.74 Å². The van der Waals surface area contributed by atoms with Crippen LogP contribution in [0.25, 0.3) is 0 Å². The molecule has 2 saturated carbocycles. The Bertz CT molecular complexity index is 460. The van der Waals surface area contributed by atoms with Crippen LogP contribution in [0, 0.1) is 17.6 Å². The van der Waals surface area contributed by atoms with Gasteiger partial charge in [0.1, 0.15) is 0 Å². The number of ether oxygens (including phenoxy) is 1. The van der Waals surface area contributed by atoms with Gasteiger partial charge in [0, 0.05) is 0 Å². The first-order valence-corrected chi connectivity index (χ1v) is 7.86. The zero-order valence-corrected chi connectivity index (χ0v) is 11.8. The van der Waals surface area contributed by atoms with Gasteiger partial charge in [-0.3, -0.25) is 0 Å². The molecule has 2 aliphatic carbocycles. The second-order valence-corrected chi connectivity index (χ2v) is 6.22. The van der Waals surface area contributed by atoms with E-state index in [1.807, 2.05) is 0 Å². The van der Waals surface area contributed by atoms with Crippen LogP contribution in [-0.4, -0.2) is 6.61 Å². The lowest BCUT2D eigenvalue weighted by Crippen LogP contribution is -2.10. The molecular formula is C17H22F2O. The van der Waals surface area contributed by atoms with Gasteiger partial charge in [-0.15, -0.1) is 0 Å². The van der Waals surface area contributed by atoms with E-state index < -0.39 is 11.6 Å². The first-order valence-electron chi connectivity index (χ1n) is 7.86. The molecule has 0 atom stereocenters. The van der Waals surface area contributed by atoms with Crippen molar-refractivity contribution in [2.75, 3.05) is 6.61 Å². The molecule has 0 aliphatic heterocycles. The van der Waals surface area contributed by atoms with Crippen LogP contribution in [0.15, 0.2) is 12.1 Å². The largest absolute Gasteiger partial charge is 0.490 e. The van der Waals surface area contributed by atoms with E-state index in [-0.39, 0.29) is 11.7 Å². The number of halogens is 2. The molecule has 3 heteroatoms. The number of hydrogen-bond acceptors (Lipinski definition) is 1. The second kappa shape index (κ2) is 6.11. The standard InChI is InChI=1S/C17H22F2O/c18-16-14(13-7-3-4-8-13)9-10-15(17(16)19)20-11-12-5-1-2-6-12/h9-10,12-13H,1-8,11H2.